The second-order valence-corrected chi connectivity index (χ2v) is 7.18. The fourth-order valence-corrected chi connectivity index (χ4v) is 3.26. The van der Waals surface area contributed by atoms with E-state index in [4.69, 9.17) is 4.74 Å². The van der Waals surface area contributed by atoms with Gasteiger partial charge in [0, 0.05) is 32.2 Å². The molecule has 1 fully saturated rings. The third kappa shape index (κ3) is 10.2. The van der Waals surface area contributed by atoms with Crippen molar-refractivity contribution in [2.75, 3.05) is 32.1 Å². The van der Waals surface area contributed by atoms with E-state index in [0.29, 0.717) is 25.5 Å². The fraction of sp³-hybridized carbons (Fsp3) is 0.882. The van der Waals surface area contributed by atoms with Gasteiger partial charge in [-0.2, -0.15) is 0 Å². The second kappa shape index (κ2) is 12.9. The first-order valence-electron chi connectivity index (χ1n) is 8.69. The number of morpholine rings is 1. The zero-order valence-corrected chi connectivity index (χ0v) is 14.8. The Morgan fingerprint density at radius 3 is 2.05 bits per heavy atom. The number of amides is 1. The molecule has 4 nitrogen and oxygen atoms in total. The lowest BCUT2D eigenvalue weighted by molar-refractivity contribution is -0.135. The molecule has 1 heterocycles. The molecule has 0 aromatic rings. The van der Waals surface area contributed by atoms with Crippen molar-refractivity contribution in [3.05, 3.63) is 0 Å². The Balaban J connectivity index is 1.81. The zero-order valence-electron chi connectivity index (χ0n) is 14.0. The van der Waals surface area contributed by atoms with Crippen LogP contribution in [0.2, 0.25) is 0 Å². The molecule has 1 saturated heterocycles. The number of ether oxygens (including phenoxy) is 1. The first kappa shape index (κ1) is 19.5. The molecule has 0 aromatic carbocycles. The van der Waals surface area contributed by atoms with Gasteiger partial charge in [0.1, 0.15) is 0 Å². The summed E-state index contributed by atoms with van der Waals surface area (Å²) in [5.41, 5.74) is 0. The van der Waals surface area contributed by atoms with Crippen LogP contribution in [-0.2, 0) is 14.3 Å². The molecule has 1 amide bonds. The predicted molar refractivity (Wildman–Crippen MR) is 92.1 cm³/mol. The molecule has 1 rings (SSSR count). The van der Waals surface area contributed by atoms with Crippen LogP contribution in [0.3, 0.4) is 0 Å². The van der Waals surface area contributed by atoms with Crippen molar-refractivity contribution in [2.24, 2.45) is 0 Å². The Bertz CT molecular complexity index is 317. The molecule has 5 heteroatoms. The monoisotopic (exact) mass is 329 g/mol. The lowest BCUT2D eigenvalue weighted by Gasteiger charge is -2.26. The molecule has 22 heavy (non-hydrogen) atoms. The average molecular weight is 330 g/mol. The summed E-state index contributed by atoms with van der Waals surface area (Å²) in [6, 6.07) is 0. The summed E-state index contributed by atoms with van der Waals surface area (Å²) in [5.74, 6) is 1.27. The van der Waals surface area contributed by atoms with Gasteiger partial charge in [-0.3, -0.25) is 9.59 Å². The van der Waals surface area contributed by atoms with Gasteiger partial charge in [0.25, 0.3) is 0 Å². The number of unbranched alkanes of at least 4 members (excludes halogenated alkanes) is 7. The van der Waals surface area contributed by atoms with Crippen molar-refractivity contribution in [3.63, 3.8) is 0 Å². The first-order valence-corrected chi connectivity index (χ1v) is 9.67. The highest BCUT2D eigenvalue weighted by Crippen LogP contribution is 2.12. The van der Waals surface area contributed by atoms with E-state index in [1.165, 1.54) is 43.9 Å². The minimum absolute atomic E-state index is 0.228. The van der Waals surface area contributed by atoms with Crippen LogP contribution in [-0.4, -0.2) is 48.0 Å². The van der Waals surface area contributed by atoms with Crippen molar-refractivity contribution in [2.45, 2.75) is 64.7 Å². The number of carbonyl (C=O) groups is 2. The van der Waals surface area contributed by atoms with Crippen LogP contribution in [0.5, 0.6) is 0 Å². The topological polar surface area (TPSA) is 46.6 Å². The number of carbonyl (C=O) groups excluding carboxylic acids is 2. The van der Waals surface area contributed by atoms with Crippen LogP contribution in [0.1, 0.15) is 64.7 Å². The molecule has 1 aliphatic rings. The maximum absolute atomic E-state index is 11.9. The Morgan fingerprint density at radius 1 is 0.909 bits per heavy atom. The Morgan fingerprint density at radius 2 is 1.45 bits per heavy atom. The van der Waals surface area contributed by atoms with Crippen molar-refractivity contribution >= 4 is 22.8 Å². The van der Waals surface area contributed by atoms with Crippen LogP contribution in [0.15, 0.2) is 0 Å². The van der Waals surface area contributed by atoms with Crippen molar-refractivity contribution in [1.29, 1.82) is 0 Å². The molecule has 0 aliphatic carbocycles. The smallest absolute Gasteiger partial charge is 0.222 e. The molecule has 0 aromatic heterocycles. The molecule has 0 spiro atoms. The Kier molecular flexibility index (Phi) is 11.5. The average Bonchev–Trinajstić information content (AvgIpc) is 2.53. The van der Waals surface area contributed by atoms with Crippen molar-refractivity contribution < 1.29 is 14.3 Å². The molecule has 0 bridgehead atoms. The highest BCUT2D eigenvalue weighted by molar-refractivity contribution is 8.13. The summed E-state index contributed by atoms with van der Waals surface area (Å²) in [7, 11) is 0. The number of rotatable bonds is 11. The third-order valence-corrected chi connectivity index (χ3v) is 4.85. The molecule has 0 N–H and O–H groups in total. The standard InChI is InChI=1S/C17H31NO3S/c1-16(19)22-15-9-7-5-3-2-4-6-8-10-17(20)18-11-13-21-14-12-18/h2-15H2,1H3. The summed E-state index contributed by atoms with van der Waals surface area (Å²) in [6.45, 7) is 4.54. The van der Waals surface area contributed by atoms with E-state index in [2.05, 4.69) is 0 Å². The number of nitrogens with zero attached hydrogens (tertiary/aromatic N) is 1. The van der Waals surface area contributed by atoms with E-state index in [1.54, 1.807) is 6.92 Å². The number of hydrogen-bond acceptors (Lipinski definition) is 4. The van der Waals surface area contributed by atoms with E-state index in [-0.39, 0.29) is 5.12 Å². The largest absolute Gasteiger partial charge is 0.378 e. The van der Waals surface area contributed by atoms with Crippen LogP contribution in [0.25, 0.3) is 0 Å². The zero-order chi connectivity index (χ0) is 16.0. The Hall–Kier alpha value is -0.550. The first-order chi connectivity index (χ1) is 10.7. The summed E-state index contributed by atoms with van der Waals surface area (Å²) in [4.78, 5) is 24.6. The van der Waals surface area contributed by atoms with Crippen LogP contribution in [0, 0.1) is 0 Å². The van der Waals surface area contributed by atoms with Crippen molar-refractivity contribution in [1.82, 2.24) is 4.90 Å². The highest BCUT2D eigenvalue weighted by atomic mass is 32.2. The van der Waals surface area contributed by atoms with E-state index in [9.17, 15) is 9.59 Å². The van der Waals surface area contributed by atoms with Gasteiger partial charge < -0.3 is 9.64 Å². The summed E-state index contributed by atoms with van der Waals surface area (Å²) in [6.07, 6.45) is 10.3. The minimum Gasteiger partial charge on any atom is -0.378 e. The van der Waals surface area contributed by atoms with Gasteiger partial charge in [0.2, 0.25) is 5.91 Å². The molecular formula is C17H31NO3S. The van der Waals surface area contributed by atoms with Gasteiger partial charge >= 0.3 is 0 Å². The summed E-state index contributed by atoms with van der Waals surface area (Å²) >= 11 is 1.44. The maximum atomic E-state index is 11.9. The van der Waals surface area contributed by atoms with Gasteiger partial charge in [-0.05, 0) is 12.8 Å². The van der Waals surface area contributed by atoms with Crippen molar-refractivity contribution in [3.8, 4) is 0 Å². The van der Waals surface area contributed by atoms with Crippen LogP contribution in [0.4, 0.5) is 0 Å². The molecule has 128 valence electrons. The molecular weight excluding hydrogens is 298 g/mol. The maximum Gasteiger partial charge on any atom is 0.222 e. The van der Waals surface area contributed by atoms with E-state index < -0.39 is 0 Å². The van der Waals surface area contributed by atoms with E-state index in [1.807, 2.05) is 4.90 Å². The molecule has 0 radical (unpaired) electrons. The normalized spacial score (nSPS) is 15.0. The fourth-order valence-electron chi connectivity index (χ4n) is 2.63. The second-order valence-electron chi connectivity index (χ2n) is 5.91. The predicted octanol–water partition coefficient (Wildman–Crippen LogP) is 3.64. The summed E-state index contributed by atoms with van der Waals surface area (Å²) < 4.78 is 5.25. The van der Waals surface area contributed by atoms with Gasteiger partial charge in [-0.15, -0.1) is 0 Å². The minimum atomic E-state index is 0.228. The van der Waals surface area contributed by atoms with Gasteiger partial charge in [0.15, 0.2) is 5.12 Å². The van der Waals surface area contributed by atoms with Crippen LogP contribution >= 0.6 is 11.8 Å². The lowest BCUT2D eigenvalue weighted by Crippen LogP contribution is -2.40. The number of hydrogen-bond donors (Lipinski definition) is 0. The van der Waals surface area contributed by atoms with Gasteiger partial charge in [-0.1, -0.05) is 50.3 Å². The number of thioether (sulfide) groups is 1. The quantitative estimate of drug-likeness (QED) is 0.543. The Labute approximate surface area is 139 Å². The van der Waals surface area contributed by atoms with Gasteiger partial charge in [-0.25, -0.2) is 0 Å². The summed E-state index contributed by atoms with van der Waals surface area (Å²) in [5, 5.41) is 0.228. The SMILES string of the molecule is CC(=O)SCCCCCCCCCCC(=O)N1CCOCC1. The van der Waals surface area contributed by atoms with E-state index >= 15 is 0 Å². The van der Waals surface area contributed by atoms with Crippen LogP contribution < -0.4 is 0 Å². The molecule has 1 aliphatic heterocycles. The highest BCUT2D eigenvalue weighted by Gasteiger charge is 2.15. The molecule has 0 saturated carbocycles. The van der Waals surface area contributed by atoms with E-state index in [0.717, 1.165) is 38.1 Å². The molecule has 0 unspecified atom stereocenters. The lowest BCUT2D eigenvalue weighted by atomic mass is 10.1. The van der Waals surface area contributed by atoms with Gasteiger partial charge in [0.05, 0.1) is 13.2 Å². The third-order valence-electron chi connectivity index (χ3n) is 3.95. The molecule has 0 atom stereocenters.